The zero-order valence-corrected chi connectivity index (χ0v) is 8.63. The molecule has 0 saturated heterocycles. The molecule has 1 aromatic heterocycles. The Morgan fingerprint density at radius 3 is 2.53 bits per heavy atom. The standard InChI is InChI=1S/C7H11N3O4S/c8-1-2-15(13,14)4-5-3-9-7(12)10-6(5)11/h3H,1-2,4,8H2,(H2,9,10,11,12). The highest BCUT2D eigenvalue weighted by atomic mass is 32.2. The second-order valence-corrected chi connectivity index (χ2v) is 5.16. The van der Waals surface area contributed by atoms with E-state index in [9.17, 15) is 18.0 Å². The highest BCUT2D eigenvalue weighted by Crippen LogP contribution is 1.98. The minimum atomic E-state index is -3.39. The summed E-state index contributed by atoms with van der Waals surface area (Å²) in [7, 11) is -3.39. The van der Waals surface area contributed by atoms with Gasteiger partial charge in [0.15, 0.2) is 9.84 Å². The van der Waals surface area contributed by atoms with Gasteiger partial charge < -0.3 is 10.7 Å². The number of nitrogens with two attached hydrogens (primary N) is 1. The maximum atomic E-state index is 11.3. The maximum absolute atomic E-state index is 11.3. The molecular weight excluding hydrogens is 222 g/mol. The number of sulfone groups is 1. The molecule has 0 aliphatic heterocycles. The molecule has 0 saturated carbocycles. The first-order valence-electron chi connectivity index (χ1n) is 4.16. The summed E-state index contributed by atoms with van der Waals surface area (Å²) < 4.78 is 22.6. The average molecular weight is 233 g/mol. The van der Waals surface area contributed by atoms with Crippen LogP contribution in [-0.4, -0.2) is 30.7 Å². The molecule has 84 valence electrons. The normalized spacial score (nSPS) is 11.5. The second-order valence-electron chi connectivity index (χ2n) is 2.98. The molecule has 0 radical (unpaired) electrons. The Bertz CT molecular complexity index is 542. The van der Waals surface area contributed by atoms with Crippen LogP contribution in [0.4, 0.5) is 0 Å². The van der Waals surface area contributed by atoms with Crippen molar-refractivity contribution >= 4 is 9.84 Å². The van der Waals surface area contributed by atoms with Gasteiger partial charge in [-0.25, -0.2) is 13.2 Å². The van der Waals surface area contributed by atoms with Crippen LogP contribution in [0.5, 0.6) is 0 Å². The molecule has 0 fully saturated rings. The fourth-order valence-corrected chi connectivity index (χ4v) is 2.23. The Balaban J connectivity index is 3.01. The van der Waals surface area contributed by atoms with Gasteiger partial charge in [0.25, 0.3) is 5.56 Å². The summed E-state index contributed by atoms with van der Waals surface area (Å²) >= 11 is 0. The molecule has 1 rings (SSSR count). The molecule has 0 aliphatic carbocycles. The van der Waals surface area contributed by atoms with Crippen LogP contribution < -0.4 is 17.0 Å². The SMILES string of the molecule is NCCS(=O)(=O)Cc1c[nH]c(=O)[nH]c1=O. The topological polar surface area (TPSA) is 126 Å². The molecule has 1 aromatic rings. The Hall–Kier alpha value is -1.41. The average Bonchev–Trinajstić information content (AvgIpc) is 2.09. The van der Waals surface area contributed by atoms with E-state index in [0.717, 1.165) is 6.20 Å². The molecule has 0 aliphatic rings. The van der Waals surface area contributed by atoms with Gasteiger partial charge in [-0.2, -0.15) is 0 Å². The van der Waals surface area contributed by atoms with E-state index in [2.05, 4.69) is 4.98 Å². The van der Waals surface area contributed by atoms with Gasteiger partial charge in [0.1, 0.15) is 0 Å². The van der Waals surface area contributed by atoms with Crippen LogP contribution in [0.2, 0.25) is 0 Å². The van der Waals surface area contributed by atoms with E-state index in [4.69, 9.17) is 5.73 Å². The van der Waals surface area contributed by atoms with Gasteiger partial charge in [0.05, 0.1) is 11.5 Å². The van der Waals surface area contributed by atoms with Crippen LogP contribution in [0.1, 0.15) is 5.56 Å². The Labute approximate surface area is 85.3 Å². The molecule has 1 heterocycles. The molecule has 0 spiro atoms. The predicted octanol–water partition coefficient (Wildman–Crippen LogP) is -2.06. The maximum Gasteiger partial charge on any atom is 0.325 e. The van der Waals surface area contributed by atoms with E-state index in [1.807, 2.05) is 4.98 Å². The van der Waals surface area contributed by atoms with Crippen LogP contribution in [-0.2, 0) is 15.6 Å². The van der Waals surface area contributed by atoms with Crippen molar-refractivity contribution in [2.45, 2.75) is 5.75 Å². The fourth-order valence-electron chi connectivity index (χ4n) is 1.03. The van der Waals surface area contributed by atoms with Crippen LogP contribution in [0.3, 0.4) is 0 Å². The molecule has 0 aromatic carbocycles. The van der Waals surface area contributed by atoms with Gasteiger partial charge >= 0.3 is 5.69 Å². The van der Waals surface area contributed by atoms with E-state index < -0.39 is 26.8 Å². The third-order valence-corrected chi connectivity index (χ3v) is 3.31. The third kappa shape index (κ3) is 3.33. The number of rotatable bonds is 4. The lowest BCUT2D eigenvalue weighted by Gasteiger charge is -2.00. The van der Waals surface area contributed by atoms with Crippen molar-refractivity contribution in [3.63, 3.8) is 0 Å². The summed E-state index contributed by atoms with van der Waals surface area (Å²) in [5, 5.41) is 0. The van der Waals surface area contributed by atoms with Crippen LogP contribution in [0.15, 0.2) is 15.8 Å². The largest absolute Gasteiger partial charge is 0.329 e. The number of hydrogen-bond donors (Lipinski definition) is 3. The minimum absolute atomic E-state index is 0.00282. The summed E-state index contributed by atoms with van der Waals surface area (Å²) in [5.41, 5.74) is 3.75. The lowest BCUT2D eigenvalue weighted by Crippen LogP contribution is -2.27. The van der Waals surface area contributed by atoms with Crippen LogP contribution in [0, 0.1) is 0 Å². The molecule has 0 atom stereocenters. The zero-order valence-electron chi connectivity index (χ0n) is 7.82. The third-order valence-electron chi connectivity index (χ3n) is 1.70. The first-order valence-corrected chi connectivity index (χ1v) is 5.98. The summed E-state index contributed by atoms with van der Waals surface area (Å²) in [6, 6.07) is 0. The molecule has 0 bridgehead atoms. The van der Waals surface area contributed by atoms with Crippen LogP contribution >= 0.6 is 0 Å². The van der Waals surface area contributed by atoms with E-state index in [-0.39, 0.29) is 17.9 Å². The minimum Gasteiger partial charge on any atom is -0.329 e. The summed E-state index contributed by atoms with van der Waals surface area (Å²) in [6.45, 7) is 0.00356. The highest BCUT2D eigenvalue weighted by Gasteiger charge is 2.13. The second kappa shape index (κ2) is 4.41. The number of hydrogen-bond acceptors (Lipinski definition) is 5. The predicted molar refractivity (Wildman–Crippen MR) is 54.2 cm³/mol. The van der Waals surface area contributed by atoms with Gasteiger partial charge in [-0.05, 0) is 0 Å². The first kappa shape index (κ1) is 11.7. The van der Waals surface area contributed by atoms with Crippen molar-refractivity contribution in [1.29, 1.82) is 0 Å². The fraction of sp³-hybridized carbons (Fsp3) is 0.429. The molecule has 8 heteroatoms. The van der Waals surface area contributed by atoms with E-state index in [1.54, 1.807) is 0 Å². The highest BCUT2D eigenvalue weighted by molar-refractivity contribution is 7.90. The van der Waals surface area contributed by atoms with Crippen molar-refractivity contribution in [1.82, 2.24) is 9.97 Å². The first-order chi connectivity index (χ1) is 6.94. The summed E-state index contributed by atoms with van der Waals surface area (Å²) in [6.07, 6.45) is 1.09. The summed E-state index contributed by atoms with van der Waals surface area (Å²) in [4.78, 5) is 25.9. The molecular formula is C7H11N3O4S. The van der Waals surface area contributed by atoms with E-state index >= 15 is 0 Å². The number of aromatic amines is 2. The Morgan fingerprint density at radius 2 is 2.00 bits per heavy atom. The van der Waals surface area contributed by atoms with E-state index in [1.165, 1.54) is 0 Å². The van der Waals surface area contributed by atoms with Crippen molar-refractivity contribution in [3.05, 3.63) is 32.6 Å². The van der Waals surface area contributed by atoms with Crippen LogP contribution in [0.25, 0.3) is 0 Å². The van der Waals surface area contributed by atoms with Gasteiger partial charge in [0.2, 0.25) is 0 Å². The molecule has 4 N–H and O–H groups in total. The molecule has 7 nitrogen and oxygen atoms in total. The smallest absolute Gasteiger partial charge is 0.325 e. The van der Waals surface area contributed by atoms with Crippen molar-refractivity contribution in [3.8, 4) is 0 Å². The van der Waals surface area contributed by atoms with Crippen molar-refractivity contribution < 1.29 is 8.42 Å². The number of aromatic nitrogens is 2. The number of nitrogens with one attached hydrogen (secondary N) is 2. The lowest BCUT2D eigenvalue weighted by atomic mass is 10.4. The quantitative estimate of drug-likeness (QED) is 0.551. The van der Waals surface area contributed by atoms with E-state index in [0.29, 0.717) is 0 Å². The summed E-state index contributed by atoms with van der Waals surface area (Å²) in [5.74, 6) is -0.609. The Kier molecular flexibility index (Phi) is 3.43. The molecule has 0 amide bonds. The van der Waals surface area contributed by atoms with Gasteiger partial charge in [0, 0.05) is 18.3 Å². The van der Waals surface area contributed by atoms with Crippen molar-refractivity contribution in [2.75, 3.05) is 12.3 Å². The Morgan fingerprint density at radius 1 is 1.33 bits per heavy atom. The molecule has 0 unspecified atom stereocenters. The van der Waals surface area contributed by atoms with Gasteiger partial charge in [-0.15, -0.1) is 0 Å². The van der Waals surface area contributed by atoms with Gasteiger partial charge in [-0.1, -0.05) is 0 Å². The lowest BCUT2D eigenvalue weighted by molar-refractivity contribution is 0.594. The zero-order chi connectivity index (χ0) is 11.5. The molecule has 15 heavy (non-hydrogen) atoms. The van der Waals surface area contributed by atoms with Crippen molar-refractivity contribution in [2.24, 2.45) is 5.73 Å². The monoisotopic (exact) mass is 233 g/mol. The number of H-pyrrole nitrogens is 2. The van der Waals surface area contributed by atoms with Gasteiger partial charge in [-0.3, -0.25) is 9.78 Å².